The fraction of sp³-hybridized carbons (Fsp3) is 0.786. The lowest BCUT2D eigenvalue weighted by molar-refractivity contribution is 0.374. The Kier molecular flexibility index (Phi) is 3.75. The van der Waals surface area contributed by atoms with Crippen LogP contribution in [0.3, 0.4) is 0 Å². The van der Waals surface area contributed by atoms with Crippen molar-refractivity contribution >= 4 is 5.95 Å². The van der Waals surface area contributed by atoms with Crippen molar-refractivity contribution < 1.29 is 0 Å². The van der Waals surface area contributed by atoms with Gasteiger partial charge in [0.25, 0.3) is 0 Å². The molecule has 0 saturated heterocycles. The lowest BCUT2D eigenvalue weighted by Crippen LogP contribution is -2.24. The molecule has 0 aliphatic heterocycles. The second-order valence-corrected chi connectivity index (χ2v) is 5.97. The minimum Gasteiger partial charge on any atom is -0.355 e. The molecule has 2 rings (SSSR count). The van der Waals surface area contributed by atoms with Gasteiger partial charge in [-0.2, -0.15) is 0 Å². The van der Waals surface area contributed by atoms with Crippen molar-refractivity contribution in [2.24, 2.45) is 5.41 Å². The first kappa shape index (κ1) is 12.5. The van der Waals surface area contributed by atoms with Gasteiger partial charge in [0.15, 0.2) is 0 Å². The van der Waals surface area contributed by atoms with E-state index < -0.39 is 0 Å². The maximum Gasteiger partial charge on any atom is 0.203 e. The third-order valence-electron chi connectivity index (χ3n) is 4.07. The van der Waals surface area contributed by atoms with Gasteiger partial charge < -0.3 is 9.88 Å². The van der Waals surface area contributed by atoms with Gasteiger partial charge in [0, 0.05) is 25.0 Å². The Labute approximate surface area is 105 Å². The molecule has 1 aliphatic rings. The standard InChI is InChI=1S/C14H25N3/c1-4-14(2,3)11-16-13-15-9-10-17(13)12-7-5-6-8-12/h9-10,12H,4-8,11H2,1-3H3,(H,15,16). The van der Waals surface area contributed by atoms with Gasteiger partial charge in [-0.25, -0.2) is 4.98 Å². The molecule has 17 heavy (non-hydrogen) atoms. The quantitative estimate of drug-likeness (QED) is 0.840. The molecular formula is C14H25N3. The first-order valence-electron chi connectivity index (χ1n) is 6.89. The van der Waals surface area contributed by atoms with E-state index in [-0.39, 0.29) is 0 Å². The Bertz CT molecular complexity index is 348. The van der Waals surface area contributed by atoms with E-state index >= 15 is 0 Å². The Balaban J connectivity index is 1.99. The third-order valence-corrected chi connectivity index (χ3v) is 4.07. The van der Waals surface area contributed by atoms with Crippen LogP contribution < -0.4 is 5.32 Å². The van der Waals surface area contributed by atoms with Crippen molar-refractivity contribution in [2.75, 3.05) is 11.9 Å². The van der Waals surface area contributed by atoms with Gasteiger partial charge in [-0.1, -0.05) is 33.6 Å². The number of aromatic nitrogens is 2. The summed E-state index contributed by atoms with van der Waals surface area (Å²) in [5, 5.41) is 3.51. The van der Waals surface area contributed by atoms with Gasteiger partial charge in [-0.3, -0.25) is 0 Å². The van der Waals surface area contributed by atoms with Gasteiger partial charge in [0.1, 0.15) is 0 Å². The van der Waals surface area contributed by atoms with E-state index in [1.165, 1.54) is 32.1 Å². The van der Waals surface area contributed by atoms with Gasteiger partial charge in [0.05, 0.1) is 0 Å². The van der Waals surface area contributed by atoms with E-state index in [0.717, 1.165) is 12.5 Å². The number of rotatable bonds is 5. The van der Waals surface area contributed by atoms with E-state index in [4.69, 9.17) is 0 Å². The number of imidazole rings is 1. The van der Waals surface area contributed by atoms with Gasteiger partial charge in [-0.15, -0.1) is 0 Å². The summed E-state index contributed by atoms with van der Waals surface area (Å²) in [4.78, 5) is 4.45. The van der Waals surface area contributed by atoms with Crippen molar-refractivity contribution in [3.05, 3.63) is 12.4 Å². The molecule has 1 saturated carbocycles. The minimum absolute atomic E-state index is 0.340. The van der Waals surface area contributed by atoms with Gasteiger partial charge in [-0.05, 0) is 24.7 Å². The predicted octanol–water partition coefficient (Wildman–Crippen LogP) is 3.85. The Morgan fingerprint density at radius 1 is 1.41 bits per heavy atom. The molecule has 0 bridgehead atoms. The van der Waals surface area contributed by atoms with E-state index in [1.54, 1.807) is 0 Å². The first-order chi connectivity index (χ1) is 8.12. The average Bonchev–Trinajstić information content (AvgIpc) is 2.96. The molecule has 0 aromatic carbocycles. The average molecular weight is 235 g/mol. The molecule has 3 heteroatoms. The molecule has 96 valence electrons. The second kappa shape index (κ2) is 5.11. The summed E-state index contributed by atoms with van der Waals surface area (Å²) in [5.74, 6) is 1.05. The Hall–Kier alpha value is -0.990. The minimum atomic E-state index is 0.340. The number of hydrogen-bond donors (Lipinski definition) is 1. The molecule has 0 amide bonds. The molecule has 0 unspecified atom stereocenters. The summed E-state index contributed by atoms with van der Waals surface area (Å²) in [7, 11) is 0. The first-order valence-corrected chi connectivity index (χ1v) is 6.89. The maximum absolute atomic E-state index is 4.45. The highest BCUT2D eigenvalue weighted by Gasteiger charge is 2.20. The van der Waals surface area contributed by atoms with Crippen molar-refractivity contribution in [3.63, 3.8) is 0 Å². The molecule has 1 aromatic rings. The van der Waals surface area contributed by atoms with E-state index in [9.17, 15) is 0 Å². The lowest BCUT2D eigenvalue weighted by Gasteiger charge is -2.24. The fourth-order valence-electron chi connectivity index (χ4n) is 2.37. The van der Waals surface area contributed by atoms with E-state index in [2.05, 4.69) is 41.8 Å². The zero-order valence-electron chi connectivity index (χ0n) is 11.4. The molecule has 1 fully saturated rings. The van der Waals surface area contributed by atoms with Crippen LogP contribution in [0.4, 0.5) is 5.95 Å². The van der Waals surface area contributed by atoms with Crippen LogP contribution in [0.15, 0.2) is 12.4 Å². The van der Waals surface area contributed by atoms with Crippen LogP contribution in [0.2, 0.25) is 0 Å². The topological polar surface area (TPSA) is 29.9 Å². The second-order valence-electron chi connectivity index (χ2n) is 5.97. The van der Waals surface area contributed by atoms with Crippen LogP contribution in [0.25, 0.3) is 0 Å². The van der Waals surface area contributed by atoms with Gasteiger partial charge >= 0.3 is 0 Å². The summed E-state index contributed by atoms with van der Waals surface area (Å²) in [5.41, 5.74) is 0.340. The van der Waals surface area contributed by atoms with Crippen LogP contribution in [0, 0.1) is 5.41 Å². The number of nitrogens with zero attached hydrogens (tertiary/aromatic N) is 2. The molecule has 0 atom stereocenters. The third kappa shape index (κ3) is 3.02. The molecule has 0 spiro atoms. The van der Waals surface area contributed by atoms with Crippen LogP contribution >= 0.6 is 0 Å². The normalized spacial score (nSPS) is 17.6. The summed E-state index contributed by atoms with van der Waals surface area (Å²) >= 11 is 0. The number of nitrogens with one attached hydrogen (secondary N) is 1. The van der Waals surface area contributed by atoms with Crippen LogP contribution in [-0.2, 0) is 0 Å². The molecule has 1 heterocycles. The zero-order valence-corrected chi connectivity index (χ0v) is 11.4. The highest BCUT2D eigenvalue weighted by Crippen LogP contribution is 2.31. The highest BCUT2D eigenvalue weighted by molar-refractivity contribution is 5.27. The molecular weight excluding hydrogens is 210 g/mol. The van der Waals surface area contributed by atoms with Crippen molar-refractivity contribution in [2.45, 2.75) is 58.9 Å². The van der Waals surface area contributed by atoms with Crippen molar-refractivity contribution in [1.29, 1.82) is 0 Å². The summed E-state index contributed by atoms with van der Waals surface area (Å²) < 4.78 is 2.33. The molecule has 1 aliphatic carbocycles. The summed E-state index contributed by atoms with van der Waals surface area (Å²) in [6, 6.07) is 0.671. The predicted molar refractivity (Wildman–Crippen MR) is 72.3 cm³/mol. The van der Waals surface area contributed by atoms with Crippen LogP contribution in [0.1, 0.15) is 58.9 Å². The molecule has 1 aromatic heterocycles. The smallest absolute Gasteiger partial charge is 0.203 e. The van der Waals surface area contributed by atoms with Crippen LogP contribution in [-0.4, -0.2) is 16.1 Å². The summed E-state index contributed by atoms with van der Waals surface area (Å²) in [6.07, 6.45) is 10.6. The van der Waals surface area contributed by atoms with Gasteiger partial charge in [0.2, 0.25) is 5.95 Å². The number of hydrogen-bond acceptors (Lipinski definition) is 2. The van der Waals surface area contributed by atoms with E-state index in [0.29, 0.717) is 11.5 Å². The van der Waals surface area contributed by atoms with E-state index in [1.807, 2.05) is 6.20 Å². The number of anilines is 1. The highest BCUT2D eigenvalue weighted by atomic mass is 15.2. The van der Waals surface area contributed by atoms with Crippen LogP contribution in [0.5, 0.6) is 0 Å². The van der Waals surface area contributed by atoms with Crippen molar-refractivity contribution in [1.82, 2.24) is 9.55 Å². The molecule has 1 N–H and O–H groups in total. The zero-order chi connectivity index (χ0) is 12.3. The summed E-state index contributed by atoms with van der Waals surface area (Å²) in [6.45, 7) is 7.82. The Morgan fingerprint density at radius 3 is 2.76 bits per heavy atom. The SMILES string of the molecule is CCC(C)(C)CNc1nccn1C1CCCC1. The lowest BCUT2D eigenvalue weighted by atomic mass is 9.90. The maximum atomic E-state index is 4.45. The molecule has 3 nitrogen and oxygen atoms in total. The monoisotopic (exact) mass is 235 g/mol. The van der Waals surface area contributed by atoms with Crippen molar-refractivity contribution in [3.8, 4) is 0 Å². The molecule has 0 radical (unpaired) electrons. The largest absolute Gasteiger partial charge is 0.355 e. The Morgan fingerprint density at radius 2 is 2.12 bits per heavy atom. The fourth-order valence-corrected chi connectivity index (χ4v) is 2.37.